The molecule has 3 aromatic rings. The van der Waals surface area contributed by atoms with Crippen LogP contribution in [0.5, 0.6) is 0 Å². The summed E-state index contributed by atoms with van der Waals surface area (Å²) in [5.74, 6) is -1.67. The molecule has 2 aliphatic heterocycles. The summed E-state index contributed by atoms with van der Waals surface area (Å²) in [6, 6.07) is 8.17. The highest BCUT2D eigenvalue weighted by Gasteiger charge is 2.40. The first-order valence-corrected chi connectivity index (χ1v) is 13.6. The number of halogens is 4. The number of carbonyl (C=O) groups excluding carboxylic acids is 1. The predicted molar refractivity (Wildman–Crippen MR) is 139 cm³/mol. The van der Waals surface area contributed by atoms with Crippen molar-refractivity contribution in [3.05, 3.63) is 75.0 Å². The van der Waals surface area contributed by atoms with Crippen molar-refractivity contribution in [1.82, 2.24) is 19.6 Å². The fraction of sp³-hybridized carbons (Fsp3) is 0.393. The Morgan fingerprint density at radius 2 is 2.10 bits per heavy atom. The summed E-state index contributed by atoms with van der Waals surface area (Å²) in [6.07, 6.45) is 1.88. The van der Waals surface area contributed by atoms with Gasteiger partial charge in [0.25, 0.3) is 0 Å². The number of hydrogen-bond donors (Lipinski definition) is 0. The van der Waals surface area contributed by atoms with Gasteiger partial charge in [0, 0.05) is 53.3 Å². The van der Waals surface area contributed by atoms with Crippen LogP contribution in [0.1, 0.15) is 52.3 Å². The molecule has 2 aliphatic rings. The fourth-order valence-corrected chi connectivity index (χ4v) is 6.51. The number of rotatable bonds is 5. The van der Waals surface area contributed by atoms with E-state index in [1.807, 2.05) is 13.1 Å². The third-order valence-electron chi connectivity index (χ3n) is 7.46. The zero-order valence-corrected chi connectivity index (χ0v) is 22.3. The topological polar surface area (TPSA) is 65.2 Å². The Kier molecular flexibility index (Phi) is 7.35. The number of aromatic nitrogens is 2. The molecule has 0 spiro atoms. The minimum absolute atomic E-state index is 0.137. The lowest BCUT2D eigenvalue weighted by molar-refractivity contribution is -0.141. The molecule has 204 valence electrons. The van der Waals surface area contributed by atoms with Gasteiger partial charge in [0.15, 0.2) is 5.69 Å². The number of aryl methyl sites for hydroxylation is 1. The lowest BCUT2D eigenvalue weighted by atomic mass is 9.83. The molecule has 0 N–H and O–H groups in total. The molecule has 0 aliphatic carbocycles. The van der Waals surface area contributed by atoms with E-state index >= 15 is 4.39 Å². The Bertz CT molecular complexity index is 1470. The third-order valence-corrected chi connectivity index (χ3v) is 8.50. The molecule has 39 heavy (non-hydrogen) atoms. The van der Waals surface area contributed by atoms with E-state index in [9.17, 15) is 23.2 Å². The van der Waals surface area contributed by atoms with Crippen molar-refractivity contribution in [2.75, 3.05) is 20.1 Å². The number of nitriles is 1. The van der Waals surface area contributed by atoms with Gasteiger partial charge < -0.3 is 4.90 Å². The Hall–Kier alpha value is -3.49. The number of likely N-dealkylation sites (tertiary alicyclic amines) is 1. The number of fused-ring (bicyclic) bond motifs is 1. The van der Waals surface area contributed by atoms with Crippen LogP contribution in [-0.4, -0.2) is 51.7 Å². The summed E-state index contributed by atoms with van der Waals surface area (Å²) >= 11 is 1.24. The van der Waals surface area contributed by atoms with Crippen LogP contribution in [0.4, 0.5) is 17.6 Å². The SMILES string of the molecule is CCn1cc(-c2c(F)cccc2[C@@H]2CN(C(=O)/C=C/[C@H]3CCCN3C)Cc3sc(C#N)cc32)c(C(F)(F)F)n1. The van der Waals surface area contributed by atoms with Gasteiger partial charge in [0.05, 0.1) is 6.54 Å². The fourth-order valence-electron chi connectivity index (χ4n) is 5.48. The van der Waals surface area contributed by atoms with Crippen LogP contribution in [0.3, 0.4) is 0 Å². The van der Waals surface area contributed by atoms with Crippen LogP contribution in [-0.2, 0) is 24.1 Å². The minimum Gasteiger partial charge on any atom is -0.333 e. The first-order chi connectivity index (χ1) is 18.6. The molecule has 6 nitrogen and oxygen atoms in total. The Morgan fingerprint density at radius 3 is 2.77 bits per heavy atom. The van der Waals surface area contributed by atoms with Crippen molar-refractivity contribution >= 4 is 17.2 Å². The van der Waals surface area contributed by atoms with Crippen LogP contribution in [0.2, 0.25) is 0 Å². The van der Waals surface area contributed by atoms with Gasteiger partial charge in [0.2, 0.25) is 5.91 Å². The number of thiophene rings is 1. The van der Waals surface area contributed by atoms with E-state index in [2.05, 4.69) is 16.1 Å². The van der Waals surface area contributed by atoms with Crippen molar-refractivity contribution in [1.29, 1.82) is 5.26 Å². The van der Waals surface area contributed by atoms with E-state index in [-0.39, 0.29) is 42.7 Å². The second-order valence-corrected chi connectivity index (χ2v) is 11.0. The highest BCUT2D eigenvalue weighted by Crippen LogP contribution is 2.45. The molecule has 1 aromatic carbocycles. The summed E-state index contributed by atoms with van der Waals surface area (Å²) in [5.41, 5.74) is -0.656. The van der Waals surface area contributed by atoms with Gasteiger partial charge in [-0.05, 0) is 56.6 Å². The molecule has 2 aromatic heterocycles. The maximum absolute atomic E-state index is 15.5. The summed E-state index contributed by atoms with van der Waals surface area (Å²) in [5, 5.41) is 13.2. The van der Waals surface area contributed by atoms with Gasteiger partial charge in [0.1, 0.15) is 16.8 Å². The standard InChI is InChI=1S/C28H27F4N5OS/c1-3-37-15-22(27(34-37)28(30,31)32)26-19(7-4-8-23(26)29)21-14-36(16-24-20(21)12-18(13-33)39-24)25(38)10-9-17-6-5-11-35(17)2/h4,7-10,12,15,17,21H,3,5-6,11,14,16H2,1-2H3/b10-9+/t17-,21+/m1/s1. The second-order valence-electron chi connectivity index (χ2n) is 9.87. The van der Waals surface area contributed by atoms with Gasteiger partial charge in [-0.15, -0.1) is 11.3 Å². The normalized spacial score (nSPS) is 20.0. The van der Waals surface area contributed by atoms with Crippen LogP contribution in [0.15, 0.2) is 42.6 Å². The molecule has 4 heterocycles. The number of benzene rings is 1. The molecule has 2 atom stereocenters. The number of amides is 1. The van der Waals surface area contributed by atoms with Gasteiger partial charge in [-0.3, -0.25) is 14.4 Å². The highest BCUT2D eigenvalue weighted by atomic mass is 32.1. The molecular weight excluding hydrogens is 530 g/mol. The average molecular weight is 558 g/mol. The van der Waals surface area contributed by atoms with E-state index in [1.54, 1.807) is 30.0 Å². The molecular formula is C28H27F4N5OS. The first kappa shape index (κ1) is 27.1. The number of likely N-dealkylation sites (N-methyl/N-ethyl adjacent to an activating group) is 1. The number of alkyl halides is 3. The summed E-state index contributed by atoms with van der Waals surface area (Å²) < 4.78 is 58.6. The summed E-state index contributed by atoms with van der Waals surface area (Å²) in [6.45, 7) is 3.20. The maximum atomic E-state index is 15.5. The van der Waals surface area contributed by atoms with Gasteiger partial charge in [-0.1, -0.05) is 18.2 Å². The molecule has 5 rings (SSSR count). The Balaban J connectivity index is 1.59. The second kappa shape index (κ2) is 10.6. The van der Waals surface area contributed by atoms with Crippen LogP contribution >= 0.6 is 11.3 Å². The predicted octanol–water partition coefficient (Wildman–Crippen LogP) is 5.79. The third kappa shape index (κ3) is 5.23. The molecule has 11 heteroatoms. The van der Waals surface area contributed by atoms with Crippen LogP contribution < -0.4 is 0 Å². The van der Waals surface area contributed by atoms with Gasteiger partial charge >= 0.3 is 6.18 Å². The van der Waals surface area contributed by atoms with Crippen molar-refractivity contribution in [3.8, 4) is 17.2 Å². The van der Waals surface area contributed by atoms with E-state index < -0.39 is 23.6 Å². The molecule has 1 fully saturated rings. The Morgan fingerprint density at radius 1 is 1.31 bits per heavy atom. The molecule has 0 bridgehead atoms. The molecule has 1 saturated heterocycles. The number of carbonyl (C=O) groups is 1. The van der Waals surface area contributed by atoms with Gasteiger partial charge in [-0.25, -0.2) is 4.39 Å². The lowest BCUT2D eigenvalue weighted by Crippen LogP contribution is -2.37. The van der Waals surface area contributed by atoms with E-state index in [4.69, 9.17) is 0 Å². The highest BCUT2D eigenvalue weighted by molar-refractivity contribution is 7.12. The maximum Gasteiger partial charge on any atom is 0.435 e. The molecule has 1 amide bonds. The zero-order chi connectivity index (χ0) is 27.9. The van der Waals surface area contributed by atoms with Crippen molar-refractivity contribution in [2.45, 2.75) is 51.0 Å². The minimum atomic E-state index is -4.79. The smallest absolute Gasteiger partial charge is 0.333 e. The van der Waals surface area contributed by atoms with Crippen molar-refractivity contribution in [3.63, 3.8) is 0 Å². The average Bonchev–Trinajstić information content (AvgIpc) is 3.63. The number of nitrogens with zero attached hydrogens (tertiary/aromatic N) is 5. The monoisotopic (exact) mass is 557 g/mol. The Labute approximate surface area is 227 Å². The van der Waals surface area contributed by atoms with Gasteiger partial charge in [-0.2, -0.15) is 23.5 Å². The molecule has 0 unspecified atom stereocenters. The van der Waals surface area contributed by atoms with E-state index in [0.29, 0.717) is 10.4 Å². The largest absolute Gasteiger partial charge is 0.435 e. The van der Waals surface area contributed by atoms with Crippen LogP contribution in [0.25, 0.3) is 11.1 Å². The summed E-state index contributed by atoms with van der Waals surface area (Å²) in [4.78, 5) is 18.3. The lowest BCUT2D eigenvalue weighted by Gasteiger charge is -2.33. The zero-order valence-electron chi connectivity index (χ0n) is 21.5. The van der Waals surface area contributed by atoms with Crippen LogP contribution in [0, 0.1) is 17.1 Å². The van der Waals surface area contributed by atoms with Crippen molar-refractivity contribution < 1.29 is 22.4 Å². The number of hydrogen-bond acceptors (Lipinski definition) is 5. The molecule has 0 saturated carbocycles. The van der Waals surface area contributed by atoms with E-state index in [0.717, 1.165) is 40.6 Å². The van der Waals surface area contributed by atoms with Crippen molar-refractivity contribution in [2.24, 2.45) is 0 Å². The quantitative estimate of drug-likeness (QED) is 0.295. The van der Waals surface area contributed by atoms with E-state index in [1.165, 1.54) is 23.6 Å². The first-order valence-electron chi connectivity index (χ1n) is 12.7. The summed E-state index contributed by atoms with van der Waals surface area (Å²) in [7, 11) is 2.01. The molecule has 0 radical (unpaired) electrons.